The van der Waals surface area contributed by atoms with E-state index < -0.39 is 0 Å². The highest BCUT2D eigenvalue weighted by Crippen LogP contribution is 2.26. The Bertz CT molecular complexity index is 426. The van der Waals surface area contributed by atoms with E-state index >= 15 is 0 Å². The van der Waals surface area contributed by atoms with Gasteiger partial charge in [0.15, 0.2) is 0 Å². The molecule has 1 aromatic rings. The second-order valence-corrected chi connectivity index (χ2v) is 4.53. The second kappa shape index (κ2) is 5.32. The number of rotatable bonds is 3. The molecule has 17 heavy (non-hydrogen) atoms. The van der Waals surface area contributed by atoms with Crippen LogP contribution in [0.4, 0.5) is 5.69 Å². The molecule has 0 spiro atoms. The third kappa shape index (κ3) is 2.86. The van der Waals surface area contributed by atoms with E-state index in [0.717, 1.165) is 31.9 Å². The summed E-state index contributed by atoms with van der Waals surface area (Å²) in [6, 6.07) is 4.40. The standard InChI is InChI=1S/C14H20N2O/c1-4-16(3)10-15-14-8-12-5-6-17-9-13(12)7-11(14)2/h7-8,10H,4-6,9H2,1-3H3/b15-10+. The number of hydrogen-bond acceptors (Lipinski definition) is 2. The van der Waals surface area contributed by atoms with Crippen molar-refractivity contribution in [1.29, 1.82) is 0 Å². The molecule has 0 atom stereocenters. The van der Waals surface area contributed by atoms with E-state index in [1.165, 1.54) is 16.7 Å². The molecular formula is C14H20N2O. The van der Waals surface area contributed by atoms with Crippen molar-refractivity contribution in [3.8, 4) is 0 Å². The molecule has 3 nitrogen and oxygen atoms in total. The van der Waals surface area contributed by atoms with Gasteiger partial charge in [0.1, 0.15) is 0 Å². The van der Waals surface area contributed by atoms with Crippen LogP contribution >= 0.6 is 0 Å². The maximum absolute atomic E-state index is 5.46. The number of nitrogens with zero attached hydrogens (tertiary/aromatic N) is 2. The van der Waals surface area contributed by atoms with Crippen molar-refractivity contribution in [3.05, 3.63) is 28.8 Å². The van der Waals surface area contributed by atoms with E-state index in [0.29, 0.717) is 0 Å². The molecule has 0 radical (unpaired) electrons. The molecule has 1 aromatic carbocycles. The van der Waals surface area contributed by atoms with Gasteiger partial charge in [-0.05, 0) is 43.0 Å². The summed E-state index contributed by atoms with van der Waals surface area (Å²) in [4.78, 5) is 6.62. The maximum Gasteiger partial charge on any atom is 0.0909 e. The molecular weight excluding hydrogens is 212 g/mol. The van der Waals surface area contributed by atoms with Crippen molar-refractivity contribution in [2.45, 2.75) is 26.9 Å². The van der Waals surface area contributed by atoms with E-state index in [2.05, 4.69) is 35.9 Å². The second-order valence-electron chi connectivity index (χ2n) is 4.53. The zero-order valence-electron chi connectivity index (χ0n) is 10.9. The molecule has 0 fully saturated rings. The smallest absolute Gasteiger partial charge is 0.0909 e. The molecule has 0 amide bonds. The fraction of sp³-hybridized carbons (Fsp3) is 0.500. The first-order valence-corrected chi connectivity index (χ1v) is 6.15. The summed E-state index contributed by atoms with van der Waals surface area (Å²) in [5.74, 6) is 0. The highest BCUT2D eigenvalue weighted by atomic mass is 16.5. The summed E-state index contributed by atoms with van der Waals surface area (Å²) >= 11 is 0. The first-order valence-electron chi connectivity index (χ1n) is 6.15. The molecule has 0 saturated carbocycles. The zero-order valence-corrected chi connectivity index (χ0v) is 10.9. The molecule has 92 valence electrons. The topological polar surface area (TPSA) is 24.8 Å². The van der Waals surface area contributed by atoms with Crippen molar-refractivity contribution in [1.82, 2.24) is 4.90 Å². The van der Waals surface area contributed by atoms with Crippen molar-refractivity contribution < 1.29 is 4.74 Å². The molecule has 0 bridgehead atoms. The van der Waals surface area contributed by atoms with Crippen LogP contribution in [0.5, 0.6) is 0 Å². The summed E-state index contributed by atoms with van der Waals surface area (Å²) in [7, 11) is 2.03. The van der Waals surface area contributed by atoms with Gasteiger partial charge >= 0.3 is 0 Å². The summed E-state index contributed by atoms with van der Waals surface area (Å²) in [5, 5.41) is 0. The Kier molecular flexibility index (Phi) is 3.79. The minimum absolute atomic E-state index is 0.745. The van der Waals surface area contributed by atoms with Gasteiger partial charge in [0, 0.05) is 13.6 Å². The lowest BCUT2D eigenvalue weighted by Crippen LogP contribution is -2.14. The molecule has 1 aliphatic rings. The molecule has 0 N–H and O–H groups in total. The average molecular weight is 232 g/mol. The Hall–Kier alpha value is -1.35. The van der Waals surface area contributed by atoms with Crippen LogP contribution in [0.2, 0.25) is 0 Å². The van der Waals surface area contributed by atoms with E-state index in [9.17, 15) is 0 Å². The highest BCUT2D eigenvalue weighted by Gasteiger charge is 2.11. The largest absolute Gasteiger partial charge is 0.376 e. The summed E-state index contributed by atoms with van der Waals surface area (Å²) < 4.78 is 5.46. The normalized spacial score (nSPS) is 15.0. The minimum Gasteiger partial charge on any atom is -0.376 e. The number of hydrogen-bond donors (Lipinski definition) is 0. The highest BCUT2D eigenvalue weighted by molar-refractivity contribution is 5.64. The van der Waals surface area contributed by atoms with Gasteiger partial charge in [-0.3, -0.25) is 0 Å². The summed E-state index contributed by atoms with van der Waals surface area (Å²) in [6.45, 7) is 6.76. The monoisotopic (exact) mass is 232 g/mol. The van der Waals surface area contributed by atoms with E-state index in [-0.39, 0.29) is 0 Å². The molecule has 3 heteroatoms. The molecule has 2 rings (SSSR count). The van der Waals surface area contributed by atoms with Crippen LogP contribution in [-0.4, -0.2) is 31.4 Å². The number of aliphatic imine (C=N–C) groups is 1. The zero-order chi connectivity index (χ0) is 12.3. The molecule has 1 heterocycles. The van der Waals surface area contributed by atoms with E-state index in [4.69, 9.17) is 4.74 Å². The van der Waals surface area contributed by atoms with Gasteiger partial charge in [0.2, 0.25) is 0 Å². The maximum atomic E-state index is 5.46. The SMILES string of the molecule is CCN(C)/C=N/c1cc2c(cc1C)COCC2. The van der Waals surface area contributed by atoms with E-state index in [1.807, 2.05) is 13.4 Å². The Labute approximate surface area is 103 Å². The predicted octanol–water partition coefficient (Wildman–Crippen LogP) is 2.68. The lowest BCUT2D eigenvalue weighted by Gasteiger charge is -2.18. The molecule has 0 unspecified atom stereocenters. The van der Waals surface area contributed by atoms with Gasteiger partial charge in [-0.2, -0.15) is 0 Å². The lowest BCUT2D eigenvalue weighted by molar-refractivity contribution is 0.111. The van der Waals surface area contributed by atoms with Crippen LogP contribution in [0.3, 0.4) is 0 Å². The number of ether oxygens (including phenoxy) is 1. The molecule has 0 aliphatic carbocycles. The van der Waals surface area contributed by atoms with Gasteiger partial charge in [0.25, 0.3) is 0 Å². The quantitative estimate of drug-likeness (QED) is 0.591. The third-order valence-corrected chi connectivity index (χ3v) is 3.18. The Morgan fingerprint density at radius 3 is 3.00 bits per heavy atom. The Morgan fingerprint density at radius 1 is 1.41 bits per heavy atom. The molecule has 1 aliphatic heterocycles. The van der Waals surface area contributed by atoms with Crippen LogP contribution in [0.1, 0.15) is 23.6 Å². The van der Waals surface area contributed by atoms with Crippen LogP contribution < -0.4 is 0 Å². The van der Waals surface area contributed by atoms with Crippen LogP contribution in [0.15, 0.2) is 17.1 Å². The Morgan fingerprint density at radius 2 is 2.24 bits per heavy atom. The van der Waals surface area contributed by atoms with Crippen LogP contribution in [0, 0.1) is 6.92 Å². The first-order chi connectivity index (χ1) is 8.20. The van der Waals surface area contributed by atoms with Gasteiger partial charge in [0.05, 0.1) is 25.2 Å². The van der Waals surface area contributed by atoms with Crippen molar-refractivity contribution in [2.24, 2.45) is 4.99 Å². The van der Waals surface area contributed by atoms with E-state index in [1.54, 1.807) is 0 Å². The number of aryl methyl sites for hydroxylation is 1. The van der Waals surface area contributed by atoms with Crippen molar-refractivity contribution >= 4 is 12.0 Å². The van der Waals surface area contributed by atoms with Crippen LogP contribution in [-0.2, 0) is 17.8 Å². The first kappa shape index (κ1) is 12.1. The molecule has 0 saturated heterocycles. The van der Waals surface area contributed by atoms with Gasteiger partial charge in [-0.15, -0.1) is 0 Å². The third-order valence-electron chi connectivity index (χ3n) is 3.18. The molecule has 0 aromatic heterocycles. The summed E-state index contributed by atoms with van der Waals surface area (Å²) in [6.07, 6.45) is 2.90. The van der Waals surface area contributed by atoms with Gasteiger partial charge in [-0.25, -0.2) is 4.99 Å². The fourth-order valence-electron chi connectivity index (χ4n) is 1.91. The Balaban J connectivity index is 2.25. The predicted molar refractivity (Wildman–Crippen MR) is 71.0 cm³/mol. The van der Waals surface area contributed by atoms with Gasteiger partial charge < -0.3 is 9.64 Å². The minimum atomic E-state index is 0.745. The van der Waals surface area contributed by atoms with Crippen LogP contribution in [0.25, 0.3) is 0 Å². The lowest BCUT2D eigenvalue weighted by atomic mass is 9.99. The van der Waals surface area contributed by atoms with Crippen molar-refractivity contribution in [3.63, 3.8) is 0 Å². The summed E-state index contributed by atoms with van der Waals surface area (Å²) in [5.41, 5.74) is 4.99. The number of fused-ring (bicyclic) bond motifs is 1. The fourth-order valence-corrected chi connectivity index (χ4v) is 1.91. The number of benzene rings is 1. The van der Waals surface area contributed by atoms with Crippen molar-refractivity contribution in [2.75, 3.05) is 20.2 Å². The van der Waals surface area contributed by atoms with Gasteiger partial charge in [-0.1, -0.05) is 6.07 Å². The average Bonchev–Trinajstić information content (AvgIpc) is 2.35.